The van der Waals surface area contributed by atoms with Crippen molar-refractivity contribution in [1.29, 1.82) is 0 Å². The fourth-order valence-corrected chi connectivity index (χ4v) is 0. The van der Waals surface area contributed by atoms with Crippen LogP contribution in [0.5, 0.6) is 0 Å². The summed E-state index contributed by atoms with van der Waals surface area (Å²) in [5.41, 5.74) is 0. The summed E-state index contributed by atoms with van der Waals surface area (Å²) in [5.74, 6) is 0. The maximum atomic E-state index is 8.87. The molecular weight excluding hydrogens is 1730 g/mol. The Morgan fingerprint density at radius 3 is 0.372 bits per heavy atom. The van der Waals surface area contributed by atoms with Gasteiger partial charge in [-0.3, -0.25) is 0 Å². The average Bonchev–Trinajstić information content (AvgIpc) is 2.31. The zero-order valence-corrected chi connectivity index (χ0v) is 40.7. The third-order valence-corrected chi connectivity index (χ3v) is 0. The molecule has 0 spiro atoms. The van der Waals surface area contributed by atoms with E-state index in [1.165, 1.54) is 0 Å². The third kappa shape index (κ3) is 12300. The van der Waals surface area contributed by atoms with Gasteiger partial charge in [-0.1, -0.05) is 0 Å². The summed E-state index contributed by atoms with van der Waals surface area (Å²) in [7, 11) is 0. The standard InChI is InChI=1S/Bi.3Mo.12H2O.21O.3V.3W/h;;;;12*1H2;;;;;;;;;;;;;;;;;;;;;;;;;;;/q+3;3*+2;;;;;;;;;;;;;;;;;;;;;;;;;;;;;;;3*-1;;;;3*+2/p-12. The van der Waals surface area contributed by atoms with Crippen molar-refractivity contribution in [1.82, 2.24) is 0 Å². The van der Waals surface area contributed by atoms with Crippen LogP contribution in [0.2, 0.25) is 0 Å². The summed E-state index contributed by atoms with van der Waals surface area (Å²) in [4.78, 5) is 0. The molecule has 0 amide bonds. The second-order valence-electron chi connectivity index (χ2n) is 3.36. The first-order valence-electron chi connectivity index (χ1n) is 5.83. The molecule has 266 valence electrons. The molecule has 43 heavy (non-hydrogen) atoms. The molecule has 0 heterocycles. The molecule has 12 N–H and O–H groups in total. The average molecular weight is 1740 g/mol. The van der Waals surface area contributed by atoms with Crippen LogP contribution in [0.4, 0.5) is 0 Å². The fourth-order valence-electron chi connectivity index (χ4n) is 0. The quantitative estimate of drug-likeness (QED) is 0.100. The molecule has 0 atom stereocenters. The molecule has 0 aromatic heterocycles. The first-order valence-corrected chi connectivity index (χ1v) is 36.3. The number of hydrogen-bond donors (Lipinski definition) is 12. The molecule has 0 saturated carbocycles. The fraction of sp³-hybridized carbons (Fsp3) is 0. The molecule has 0 unspecified atom stereocenters. The van der Waals surface area contributed by atoms with Crippen LogP contribution in [0.15, 0.2) is 0 Å². The Hall–Kier alpha value is 2.57. The molecule has 0 bridgehead atoms. The van der Waals surface area contributed by atoms with Gasteiger partial charge in [0.15, 0.2) is 0 Å². The predicted molar refractivity (Wildman–Crippen MR) is 44.7 cm³/mol. The molecule has 2 radical (unpaired) electrons. The van der Waals surface area contributed by atoms with Crippen LogP contribution in [-0.2, 0) is 209 Å². The van der Waals surface area contributed by atoms with E-state index in [2.05, 4.69) is 0 Å². The summed E-state index contributed by atoms with van der Waals surface area (Å²) in [5, 5.41) is 0. The predicted octanol–water partition coefficient (Wildman–Crippen LogP) is -12.8. The second kappa shape index (κ2) is 37.4. The zero-order chi connectivity index (χ0) is 37.7. The second-order valence-corrected chi connectivity index (χ2v) is 21.7. The van der Waals surface area contributed by atoms with Gasteiger partial charge in [0, 0.05) is 0 Å². The van der Waals surface area contributed by atoms with E-state index in [1.807, 2.05) is 0 Å². The van der Waals surface area contributed by atoms with Crippen molar-refractivity contribution in [2.24, 2.45) is 0 Å². The molecule has 0 aliphatic carbocycles. The van der Waals surface area contributed by atoms with Gasteiger partial charge in [-0.15, -0.1) is 0 Å². The molecule has 0 aromatic rings. The van der Waals surface area contributed by atoms with Crippen molar-refractivity contribution >= 4 is 26.2 Å². The Morgan fingerprint density at radius 2 is 0.372 bits per heavy atom. The third-order valence-electron chi connectivity index (χ3n) is 0. The zero-order valence-electron chi connectivity index (χ0n) is 18.2. The van der Waals surface area contributed by atoms with Crippen LogP contribution in [-0.4, -0.2) is 71.3 Å². The summed E-state index contributed by atoms with van der Waals surface area (Å²) < 4.78 is 269. The van der Waals surface area contributed by atoms with Gasteiger partial charge in [0.1, 0.15) is 0 Å². The normalized spacial score (nSPS) is 9.84. The van der Waals surface area contributed by atoms with Crippen molar-refractivity contribution < 1.29 is 267 Å². The molecule has 0 fully saturated rings. The minimum absolute atomic E-state index is 0. The molecular formula is H12BiMo3O33V3W3. The van der Waals surface area contributed by atoms with Gasteiger partial charge in [-0.2, -0.15) is 0 Å². The van der Waals surface area contributed by atoms with E-state index in [-0.39, 0.29) is 26.2 Å². The van der Waals surface area contributed by atoms with Gasteiger partial charge >= 0.3 is 293 Å². The van der Waals surface area contributed by atoms with Crippen LogP contribution >= 0.6 is 0 Å². The van der Waals surface area contributed by atoms with Crippen molar-refractivity contribution in [3.8, 4) is 0 Å². The van der Waals surface area contributed by atoms with Crippen LogP contribution in [0, 0.1) is 0 Å². The van der Waals surface area contributed by atoms with Gasteiger partial charge in [0.2, 0.25) is 0 Å². The molecule has 43 heteroatoms. The SMILES string of the molecule is [Bi+3].[O]=[Mo](=[O])([OH])[OH].[O]=[Mo](=[O])([OH])[OH].[O]=[Mo](=[O])([OH])[OH].[O]=[V](=[O])[O-].[O]=[V](=[O])[O-].[O]=[V](=[O])[O-].[O]=[W](=[O])([OH])[OH].[O]=[W](=[O])([OH])[OH].[O]=[W](=[O])([OH])[OH]. The van der Waals surface area contributed by atoms with Gasteiger partial charge in [-0.25, -0.2) is 0 Å². The van der Waals surface area contributed by atoms with E-state index < -0.39 is 147 Å². The summed E-state index contributed by atoms with van der Waals surface area (Å²) in [6, 6.07) is 0. The summed E-state index contributed by atoms with van der Waals surface area (Å²) >= 11 is -45.4. The summed E-state index contributed by atoms with van der Waals surface area (Å²) in [6.07, 6.45) is 0. The Balaban J connectivity index is -0.0000000356. The van der Waals surface area contributed by atoms with Crippen molar-refractivity contribution in [2.45, 2.75) is 0 Å². The first kappa shape index (κ1) is 71.5. The Kier molecular flexibility index (Phi) is 62.2. The number of hydrogen-bond acceptors (Lipinski definition) is 21. The van der Waals surface area contributed by atoms with Crippen molar-refractivity contribution in [3.05, 3.63) is 0 Å². The van der Waals surface area contributed by atoms with Crippen LogP contribution in [0.1, 0.15) is 0 Å². The molecule has 0 rings (SSSR count). The molecule has 0 saturated heterocycles. The van der Waals surface area contributed by atoms with E-state index in [4.69, 9.17) is 120 Å². The number of rotatable bonds is 0. The van der Waals surface area contributed by atoms with Crippen LogP contribution in [0.25, 0.3) is 0 Å². The molecule has 0 aliphatic rings. The topological polar surface area (TPSA) is 619 Å². The summed E-state index contributed by atoms with van der Waals surface area (Å²) in [6.45, 7) is 0. The molecule has 0 aromatic carbocycles. The van der Waals surface area contributed by atoms with Crippen LogP contribution in [0.3, 0.4) is 0 Å². The Morgan fingerprint density at radius 1 is 0.372 bits per heavy atom. The van der Waals surface area contributed by atoms with Crippen LogP contribution < -0.4 is 12.1 Å². The van der Waals surface area contributed by atoms with Gasteiger partial charge in [0.25, 0.3) is 0 Å². The van der Waals surface area contributed by atoms with Gasteiger partial charge in [0.05, 0.1) is 0 Å². The van der Waals surface area contributed by atoms with Crippen molar-refractivity contribution in [3.63, 3.8) is 0 Å². The van der Waals surface area contributed by atoms with Gasteiger partial charge in [-0.05, 0) is 0 Å². The van der Waals surface area contributed by atoms with Gasteiger partial charge < -0.3 is 0 Å². The molecule has 33 nitrogen and oxygen atoms in total. The van der Waals surface area contributed by atoms with E-state index in [0.717, 1.165) is 0 Å². The van der Waals surface area contributed by atoms with Crippen molar-refractivity contribution in [2.75, 3.05) is 0 Å². The Labute approximate surface area is 288 Å². The maximum absolute atomic E-state index is 8.87. The van der Waals surface area contributed by atoms with E-state index in [0.29, 0.717) is 0 Å². The first-order chi connectivity index (χ1) is 17.2. The minimum atomic E-state index is -5.67. The van der Waals surface area contributed by atoms with E-state index >= 15 is 0 Å². The van der Waals surface area contributed by atoms with E-state index in [9.17, 15) is 0 Å². The molecule has 0 aliphatic heterocycles. The monoisotopic (exact) mass is 1750 g/mol. The van der Waals surface area contributed by atoms with E-state index in [1.54, 1.807) is 0 Å². The Bertz CT molecular complexity index is 1170.